The van der Waals surface area contributed by atoms with Crippen LogP contribution in [0.4, 0.5) is 13.2 Å². The fourth-order valence-electron chi connectivity index (χ4n) is 1.29. The smallest absolute Gasteiger partial charge is 0.416 e. The second-order valence-corrected chi connectivity index (χ2v) is 3.91. The molecule has 5 heteroatoms. The number of rotatable bonds is 3. The molecule has 1 saturated carbocycles. The van der Waals surface area contributed by atoms with Crippen molar-refractivity contribution in [2.24, 2.45) is 5.92 Å². The lowest BCUT2D eigenvalue weighted by Gasteiger charge is -2.10. The minimum Gasteiger partial charge on any atom is -0.489 e. The molecule has 2 rings (SSSR count). The zero-order chi connectivity index (χ0) is 11.8. The number of benzene rings is 1. The molecular formula is C11H10F3O2. The van der Waals surface area contributed by atoms with Gasteiger partial charge in [-0.2, -0.15) is 13.2 Å². The van der Waals surface area contributed by atoms with Gasteiger partial charge in [-0.15, -0.1) is 0 Å². The topological polar surface area (TPSA) is 29.1 Å². The maximum Gasteiger partial charge on any atom is 0.416 e. The fraction of sp³-hybridized carbons (Fsp3) is 0.455. The predicted octanol–water partition coefficient (Wildman–Crippen LogP) is 3.64. The molecule has 0 heterocycles. The van der Waals surface area contributed by atoms with Crippen molar-refractivity contribution in [3.63, 3.8) is 0 Å². The van der Waals surface area contributed by atoms with Gasteiger partial charge in [0, 0.05) is 0 Å². The third-order valence-corrected chi connectivity index (χ3v) is 2.44. The summed E-state index contributed by atoms with van der Waals surface area (Å²) in [6.07, 6.45) is -2.40. The van der Waals surface area contributed by atoms with E-state index in [0.29, 0.717) is 12.5 Å². The van der Waals surface area contributed by atoms with Crippen molar-refractivity contribution < 1.29 is 23.0 Å². The van der Waals surface area contributed by atoms with Crippen molar-refractivity contribution in [2.45, 2.75) is 19.0 Å². The molecule has 2 nitrogen and oxygen atoms in total. The van der Waals surface area contributed by atoms with Crippen molar-refractivity contribution in [3.8, 4) is 11.5 Å². The minimum absolute atomic E-state index is 0.207. The maximum absolute atomic E-state index is 12.4. The highest BCUT2D eigenvalue weighted by atomic mass is 19.4. The third-order valence-electron chi connectivity index (χ3n) is 2.44. The Morgan fingerprint density at radius 3 is 2.56 bits per heavy atom. The van der Waals surface area contributed by atoms with Crippen LogP contribution in [0, 0.1) is 5.92 Å². The Morgan fingerprint density at radius 1 is 1.31 bits per heavy atom. The van der Waals surface area contributed by atoms with E-state index >= 15 is 0 Å². The van der Waals surface area contributed by atoms with Gasteiger partial charge in [0.1, 0.15) is 0 Å². The Labute approximate surface area is 90.7 Å². The largest absolute Gasteiger partial charge is 0.489 e. The first-order valence-electron chi connectivity index (χ1n) is 4.98. The molecule has 1 radical (unpaired) electrons. The Morgan fingerprint density at radius 2 is 2.00 bits per heavy atom. The molecule has 0 N–H and O–H groups in total. The van der Waals surface area contributed by atoms with Gasteiger partial charge >= 0.3 is 6.18 Å². The SMILES string of the molecule is [O]c1ccc(C(F)(F)F)cc1OCC1CC1. The van der Waals surface area contributed by atoms with E-state index in [0.717, 1.165) is 31.0 Å². The van der Waals surface area contributed by atoms with Crippen LogP contribution in [-0.2, 0) is 11.3 Å². The summed E-state index contributed by atoms with van der Waals surface area (Å²) < 4.78 is 42.1. The van der Waals surface area contributed by atoms with Gasteiger partial charge in [-0.3, -0.25) is 5.11 Å². The lowest BCUT2D eigenvalue weighted by molar-refractivity contribution is -0.137. The van der Waals surface area contributed by atoms with Crippen LogP contribution in [0.15, 0.2) is 18.2 Å². The van der Waals surface area contributed by atoms with Crippen LogP contribution in [0.25, 0.3) is 0 Å². The van der Waals surface area contributed by atoms with Crippen LogP contribution < -0.4 is 4.74 Å². The Hall–Kier alpha value is -1.39. The molecule has 1 fully saturated rings. The summed E-state index contributed by atoms with van der Waals surface area (Å²) in [6.45, 7) is 0.330. The first kappa shape index (κ1) is 11.1. The lowest BCUT2D eigenvalue weighted by Crippen LogP contribution is -2.06. The molecule has 1 aliphatic rings. The maximum atomic E-state index is 12.4. The molecule has 87 valence electrons. The second-order valence-electron chi connectivity index (χ2n) is 3.91. The average molecular weight is 231 g/mol. The summed E-state index contributed by atoms with van der Waals surface area (Å²) in [4.78, 5) is 0. The standard InChI is InChI=1S/C11H10F3O2/c12-11(13,14)8-3-4-9(15)10(5-8)16-6-7-1-2-7/h3-5,7H,1-2,6H2. The molecule has 0 spiro atoms. The first-order valence-corrected chi connectivity index (χ1v) is 4.98. The van der Waals surface area contributed by atoms with E-state index in [2.05, 4.69) is 0 Å². The van der Waals surface area contributed by atoms with E-state index in [1.165, 1.54) is 0 Å². The van der Waals surface area contributed by atoms with Crippen molar-refractivity contribution in [1.82, 2.24) is 0 Å². The van der Waals surface area contributed by atoms with E-state index in [1.807, 2.05) is 0 Å². The predicted molar refractivity (Wildman–Crippen MR) is 49.8 cm³/mol. The molecule has 16 heavy (non-hydrogen) atoms. The quantitative estimate of drug-likeness (QED) is 0.780. The zero-order valence-electron chi connectivity index (χ0n) is 8.38. The lowest BCUT2D eigenvalue weighted by atomic mass is 10.2. The number of alkyl halides is 3. The van der Waals surface area contributed by atoms with E-state index in [4.69, 9.17) is 4.74 Å². The summed E-state index contributed by atoms with van der Waals surface area (Å²) in [5.41, 5.74) is -0.849. The molecular weight excluding hydrogens is 221 g/mol. The molecule has 1 aromatic carbocycles. The van der Waals surface area contributed by atoms with Gasteiger partial charge in [-0.1, -0.05) is 0 Å². The van der Waals surface area contributed by atoms with Crippen LogP contribution in [0.1, 0.15) is 18.4 Å². The van der Waals surface area contributed by atoms with E-state index in [9.17, 15) is 18.3 Å². The number of ether oxygens (including phenoxy) is 1. The summed E-state index contributed by atoms with van der Waals surface area (Å²) in [6, 6.07) is 2.43. The Balaban J connectivity index is 2.14. The van der Waals surface area contributed by atoms with Crippen LogP contribution in [-0.4, -0.2) is 6.61 Å². The van der Waals surface area contributed by atoms with Crippen LogP contribution in [0.2, 0.25) is 0 Å². The molecule has 0 aliphatic heterocycles. The van der Waals surface area contributed by atoms with Gasteiger partial charge < -0.3 is 4.74 Å². The van der Waals surface area contributed by atoms with Gasteiger partial charge in [0.05, 0.1) is 12.2 Å². The molecule has 0 unspecified atom stereocenters. The highest BCUT2D eigenvalue weighted by Gasteiger charge is 2.32. The van der Waals surface area contributed by atoms with Crippen molar-refractivity contribution in [3.05, 3.63) is 23.8 Å². The second kappa shape index (κ2) is 3.88. The van der Waals surface area contributed by atoms with Crippen molar-refractivity contribution >= 4 is 0 Å². The highest BCUT2D eigenvalue weighted by Crippen LogP contribution is 2.37. The monoisotopic (exact) mass is 231 g/mol. The normalized spacial score (nSPS) is 16.2. The minimum atomic E-state index is -4.44. The third kappa shape index (κ3) is 2.59. The summed E-state index contributed by atoms with van der Waals surface area (Å²) in [5.74, 6) is -0.315. The van der Waals surface area contributed by atoms with E-state index < -0.39 is 17.5 Å². The van der Waals surface area contributed by atoms with Crippen molar-refractivity contribution in [2.75, 3.05) is 6.61 Å². The number of halogens is 3. The number of hydrogen-bond donors (Lipinski definition) is 0. The average Bonchev–Trinajstić information content (AvgIpc) is 2.98. The molecule has 0 aromatic heterocycles. The molecule has 0 atom stereocenters. The van der Waals surface area contributed by atoms with Crippen molar-refractivity contribution in [1.29, 1.82) is 0 Å². The molecule has 1 aromatic rings. The summed E-state index contributed by atoms with van der Waals surface area (Å²) >= 11 is 0. The van der Waals surface area contributed by atoms with Gasteiger partial charge in [-0.05, 0) is 37.0 Å². The zero-order valence-corrected chi connectivity index (χ0v) is 8.38. The van der Waals surface area contributed by atoms with E-state index in [1.54, 1.807) is 0 Å². The Bertz CT molecular complexity index is 383. The highest BCUT2D eigenvalue weighted by molar-refractivity contribution is 5.42. The first-order chi connectivity index (χ1) is 7.47. The fourth-order valence-corrected chi connectivity index (χ4v) is 1.29. The molecule has 0 bridgehead atoms. The van der Waals surface area contributed by atoms with Gasteiger partial charge in [0.2, 0.25) is 5.75 Å². The van der Waals surface area contributed by atoms with E-state index in [-0.39, 0.29) is 5.75 Å². The summed E-state index contributed by atoms with van der Waals surface area (Å²) in [7, 11) is 0. The summed E-state index contributed by atoms with van der Waals surface area (Å²) in [5, 5.41) is 11.2. The molecule has 1 aliphatic carbocycles. The van der Waals surface area contributed by atoms with Gasteiger partial charge in [0.25, 0.3) is 0 Å². The van der Waals surface area contributed by atoms with Gasteiger partial charge in [0.15, 0.2) is 5.75 Å². The Kier molecular flexibility index (Phi) is 2.69. The molecule has 0 saturated heterocycles. The molecule has 0 amide bonds. The number of hydrogen-bond acceptors (Lipinski definition) is 1. The van der Waals surface area contributed by atoms with Crippen LogP contribution in [0.5, 0.6) is 11.5 Å². The van der Waals surface area contributed by atoms with Crippen LogP contribution >= 0.6 is 0 Å². The van der Waals surface area contributed by atoms with Crippen LogP contribution in [0.3, 0.4) is 0 Å². The van der Waals surface area contributed by atoms with Gasteiger partial charge in [-0.25, -0.2) is 0 Å².